The minimum absolute atomic E-state index is 0.0485. The summed E-state index contributed by atoms with van der Waals surface area (Å²) in [4.78, 5) is 0.328. The van der Waals surface area contributed by atoms with Gasteiger partial charge in [0.2, 0.25) is 10.0 Å². The smallest absolute Gasteiger partial charge is 0.208 e. The number of hydrogen-bond donors (Lipinski definition) is 1. The summed E-state index contributed by atoms with van der Waals surface area (Å²) in [5.41, 5.74) is 0. The lowest BCUT2D eigenvalue weighted by molar-refractivity contribution is 0.285. The first kappa shape index (κ1) is 16.0. The van der Waals surface area contributed by atoms with Gasteiger partial charge in [0.05, 0.1) is 4.90 Å². The van der Waals surface area contributed by atoms with Crippen molar-refractivity contribution in [3.8, 4) is 0 Å². The van der Waals surface area contributed by atoms with Crippen LogP contribution in [0.3, 0.4) is 0 Å². The fraction of sp³-hybridized carbons (Fsp3) is 0.600. The molecular weight excluding hydrogens is 338 g/mol. The van der Waals surface area contributed by atoms with Gasteiger partial charge in [0, 0.05) is 10.5 Å². The number of halogens is 1. The van der Waals surface area contributed by atoms with E-state index in [1.807, 2.05) is 6.07 Å². The second-order valence-electron chi connectivity index (χ2n) is 5.46. The molecule has 20 heavy (non-hydrogen) atoms. The van der Waals surface area contributed by atoms with E-state index in [2.05, 4.69) is 27.6 Å². The van der Waals surface area contributed by atoms with Gasteiger partial charge in [-0.2, -0.15) is 0 Å². The van der Waals surface area contributed by atoms with Crippen LogP contribution >= 0.6 is 15.9 Å². The third kappa shape index (κ3) is 3.83. The zero-order chi connectivity index (χ0) is 14.6. The van der Waals surface area contributed by atoms with E-state index in [0.29, 0.717) is 15.3 Å². The first-order valence-corrected chi connectivity index (χ1v) is 9.59. The average Bonchev–Trinajstić information content (AvgIpc) is 2.46. The van der Waals surface area contributed by atoms with E-state index in [9.17, 15) is 8.42 Å². The van der Waals surface area contributed by atoms with Crippen molar-refractivity contribution >= 4 is 26.0 Å². The van der Waals surface area contributed by atoms with Crippen molar-refractivity contribution in [3.05, 3.63) is 28.7 Å². The topological polar surface area (TPSA) is 46.2 Å². The molecule has 112 valence electrons. The summed E-state index contributed by atoms with van der Waals surface area (Å²) in [6.07, 6.45) is 6.84. The van der Waals surface area contributed by atoms with Crippen molar-refractivity contribution in [3.63, 3.8) is 0 Å². The number of sulfonamides is 1. The number of hydrogen-bond acceptors (Lipinski definition) is 2. The van der Waals surface area contributed by atoms with E-state index in [4.69, 9.17) is 0 Å². The van der Waals surface area contributed by atoms with Crippen LogP contribution in [0.15, 0.2) is 33.6 Å². The van der Waals surface area contributed by atoms with Crippen molar-refractivity contribution in [2.24, 2.45) is 5.92 Å². The third-order valence-electron chi connectivity index (χ3n) is 4.09. The molecule has 1 saturated carbocycles. The van der Waals surface area contributed by atoms with Gasteiger partial charge in [-0.15, -0.1) is 0 Å². The van der Waals surface area contributed by atoms with Crippen molar-refractivity contribution in [1.29, 1.82) is 0 Å². The Bertz CT molecular complexity index is 539. The highest BCUT2D eigenvalue weighted by atomic mass is 79.9. The molecule has 1 aromatic rings. The minimum atomic E-state index is -3.45. The van der Waals surface area contributed by atoms with E-state index in [1.54, 1.807) is 18.2 Å². The van der Waals surface area contributed by atoms with Crippen LogP contribution in [0, 0.1) is 5.92 Å². The molecule has 0 heterocycles. The maximum Gasteiger partial charge on any atom is 0.241 e. The van der Waals surface area contributed by atoms with Gasteiger partial charge in [0.25, 0.3) is 0 Å². The zero-order valence-electron chi connectivity index (χ0n) is 11.8. The monoisotopic (exact) mass is 359 g/mol. The van der Waals surface area contributed by atoms with Gasteiger partial charge in [-0.05, 0) is 53.2 Å². The lowest BCUT2D eigenvalue weighted by atomic mass is 9.83. The molecule has 5 heteroatoms. The zero-order valence-corrected chi connectivity index (χ0v) is 14.2. The Labute approximate surface area is 130 Å². The molecule has 0 radical (unpaired) electrons. The molecule has 1 N–H and O–H groups in total. The Morgan fingerprint density at radius 2 is 1.90 bits per heavy atom. The number of rotatable bonds is 5. The fourth-order valence-electron chi connectivity index (χ4n) is 2.97. The van der Waals surface area contributed by atoms with Crippen LogP contribution < -0.4 is 4.72 Å². The largest absolute Gasteiger partial charge is 0.241 e. The first-order valence-electron chi connectivity index (χ1n) is 7.31. The SMILES string of the molecule is CCC(NS(=O)(=O)c1ccccc1Br)C1CCCCC1. The summed E-state index contributed by atoms with van der Waals surface area (Å²) in [6, 6.07) is 7.02. The fourth-order valence-corrected chi connectivity index (χ4v) is 5.37. The lowest BCUT2D eigenvalue weighted by Crippen LogP contribution is -2.40. The van der Waals surface area contributed by atoms with Crippen LogP contribution in [0.25, 0.3) is 0 Å². The van der Waals surface area contributed by atoms with E-state index in [1.165, 1.54) is 19.3 Å². The second-order valence-corrected chi connectivity index (χ2v) is 8.00. The summed E-state index contributed by atoms with van der Waals surface area (Å²) < 4.78 is 28.6. The standard InChI is InChI=1S/C15H22BrNO2S/c1-2-14(12-8-4-3-5-9-12)17-20(18,19)15-11-7-6-10-13(15)16/h6-7,10-12,14,17H,2-5,8-9H2,1H3. The summed E-state index contributed by atoms with van der Waals surface area (Å²) in [5, 5.41) is 0. The minimum Gasteiger partial charge on any atom is -0.208 e. The third-order valence-corrected chi connectivity index (χ3v) is 6.59. The van der Waals surface area contributed by atoms with E-state index < -0.39 is 10.0 Å². The lowest BCUT2D eigenvalue weighted by Gasteiger charge is -2.30. The molecule has 1 aliphatic rings. The molecule has 1 atom stereocenters. The Hall–Kier alpha value is -0.390. The van der Waals surface area contributed by atoms with E-state index >= 15 is 0 Å². The van der Waals surface area contributed by atoms with Crippen LogP contribution in [0.2, 0.25) is 0 Å². The van der Waals surface area contributed by atoms with Gasteiger partial charge in [-0.3, -0.25) is 0 Å². The highest BCUT2D eigenvalue weighted by molar-refractivity contribution is 9.10. The van der Waals surface area contributed by atoms with Gasteiger partial charge in [-0.25, -0.2) is 13.1 Å². The molecule has 0 aliphatic heterocycles. The van der Waals surface area contributed by atoms with Crippen LogP contribution in [0.4, 0.5) is 0 Å². The summed E-state index contributed by atoms with van der Waals surface area (Å²) >= 11 is 3.32. The van der Waals surface area contributed by atoms with Gasteiger partial charge < -0.3 is 0 Å². The van der Waals surface area contributed by atoms with Crippen LogP contribution in [0.1, 0.15) is 45.4 Å². The van der Waals surface area contributed by atoms with Gasteiger partial charge in [-0.1, -0.05) is 38.3 Å². The molecule has 0 bridgehead atoms. The van der Waals surface area contributed by atoms with Crippen LogP contribution in [-0.2, 0) is 10.0 Å². The molecule has 0 amide bonds. The van der Waals surface area contributed by atoms with Crippen molar-refractivity contribution in [2.45, 2.75) is 56.4 Å². The molecule has 0 spiro atoms. The summed E-state index contributed by atoms with van der Waals surface area (Å²) in [5.74, 6) is 0.478. The molecule has 2 rings (SSSR count). The van der Waals surface area contributed by atoms with E-state index in [-0.39, 0.29) is 6.04 Å². The second kappa shape index (κ2) is 7.05. The molecule has 1 unspecified atom stereocenters. The average molecular weight is 360 g/mol. The van der Waals surface area contributed by atoms with Gasteiger partial charge in [0.15, 0.2) is 0 Å². The number of nitrogens with one attached hydrogen (secondary N) is 1. The molecular formula is C15H22BrNO2S. The van der Waals surface area contributed by atoms with E-state index in [0.717, 1.165) is 19.3 Å². The highest BCUT2D eigenvalue weighted by Crippen LogP contribution is 2.29. The maximum absolute atomic E-state index is 12.5. The molecule has 3 nitrogen and oxygen atoms in total. The molecule has 0 aromatic heterocycles. The van der Waals surface area contributed by atoms with Gasteiger partial charge >= 0.3 is 0 Å². The maximum atomic E-state index is 12.5. The Balaban J connectivity index is 2.15. The number of benzene rings is 1. The Kier molecular flexibility index (Phi) is 5.64. The van der Waals surface area contributed by atoms with Crippen LogP contribution in [-0.4, -0.2) is 14.5 Å². The van der Waals surface area contributed by atoms with Gasteiger partial charge in [0.1, 0.15) is 0 Å². The summed E-state index contributed by atoms with van der Waals surface area (Å²) in [7, 11) is -3.45. The van der Waals surface area contributed by atoms with Crippen molar-refractivity contribution in [1.82, 2.24) is 4.72 Å². The van der Waals surface area contributed by atoms with Crippen molar-refractivity contribution in [2.75, 3.05) is 0 Å². The molecule has 1 aliphatic carbocycles. The Morgan fingerprint density at radius 3 is 2.50 bits per heavy atom. The van der Waals surface area contributed by atoms with Crippen LogP contribution in [0.5, 0.6) is 0 Å². The predicted molar refractivity (Wildman–Crippen MR) is 85.1 cm³/mol. The summed E-state index contributed by atoms with van der Waals surface area (Å²) in [6.45, 7) is 2.06. The molecule has 0 saturated heterocycles. The quantitative estimate of drug-likeness (QED) is 0.860. The van der Waals surface area contributed by atoms with Crippen molar-refractivity contribution < 1.29 is 8.42 Å². The highest BCUT2D eigenvalue weighted by Gasteiger charge is 2.27. The molecule has 1 fully saturated rings. The first-order chi connectivity index (χ1) is 9.54. The Morgan fingerprint density at radius 1 is 1.25 bits per heavy atom. The normalized spacial score (nSPS) is 18.9. The predicted octanol–water partition coefficient (Wildman–Crippen LogP) is 4.09. The molecule has 1 aromatic carbocycles.